The minimum atomic E-state index is -2.72. The second kappa shape index (κ2) is 2.43. The lowest BCUT2D eigenvalue weighted by Gasteiger charge is -2.18. The molecule has 0 fully saturated rings. The average Bonchev–Trinajstić information content (AvgIpc) is 2.34. The van der Waals surface area contributed by atoms with Gasteiger partial charge in [0.05, 0.1) is 0 Å². The molecule has 60 valence electrons. The van der Waals surface area contributed by atoms with E-state index in [-0.39, 0.29) is 0 Å². The molecule has 0 saturated heterocycles. The molecule has 1 aliphatic heterocycles. The zero-order chi connectivity index (χ0) is 8.48. The molecule has 1 rings (SSSR count). The topological polar surface area (TPSA) is 74.6 Å². The standard InChI is InChI=1S/C6H6O4S/c7-5(8)11(6(9)10)3-1-2-4-11/h1-4H,(H,7,8)(H,9,10). The van der Waals surface area contributed by atoms with Gasteiger partial charge in [0.1, 0.15) is 0 Å². The lowest BCUT2D eigenvalue weighted by Crippen LogP contribution is -2.12. The monoisotopic (exact) mass is 174 g/mol. The highest BCUT2D eigenvalue weighted by Crippen LogP contribution is 2.54. The Balaban J connectivity index is 3.09. The fourth-order valence-electron chi connectivity index (χ4n) is 0.691. The molecule has 0 amide bonds. The van der Waals surface area contributed by atoms with E-state index in [1.165, 1.54) is 23.0 Å². The van der Waals surface area contributed by atoms with Crippen LogP contribution in [0.15, 0.2) is 23.0 Å². The highest BCUT2D eigenvalue weighted by Gasteiger charge is 2.36. The van der Waals surface area contributed by atoms with Crippen LogP contribution in [0.1, 0.15) is 0 Å². The Bertz CT molecular complexity index is 238. The first kappa shape index (κ1) is 7.87. The molecule has 0 bridgehead atoms. The molecule has 1 heterocycles. The van der Waals surface area contributed by atoms with Crippen LogP contribution in [0.3, 0.4) is 0 Å². The van der Waals surface area contributed by atoms with Crippen LogP contribution in [0.25, 0.3) is 0 Å². The average molecular weight is 174 g/mol. The van der Waals surface area contributed by atoms with Crippen molar-refractivity contribution in [1.82, 2.24) is 0 Å². The van der Waals surface area contributed by atoms with Gasteiger partial charge in [0, 0.05) is 0 Å². The van der Waals surface area contributed by atoms with Gasteiger partial charge in [-0.15, -0.1) is 0 Å². The van der Waals surface area contributed by atoms with Crippen LogP contribution < -0.4 is 0 Å². The van der Waals surface area contributed by atoms with E-state index in [1.54, 1.807) is 0 Å². The third kappa shape index (κ3) is 1.03. The van der Waals surface area contributed by atoms with Gasteiger partial charge >= 0.3 is 10.6 Å². The summed E-state index contributed by atoms with van der Waals surface area (Å²) >= 11 is 0. The van der Waals surface area contributed by atoms with Crippen LogP contribution in [0.4, 0.5) is 9.59 Å². The summed E-state index contributed by atoms with van der Waals surface area (Å²) in [7, 11) is -2.72. The van der Waals surface area contributed by atoms with E-state index in [9.17, 15) is 9.59 Å². The molecule has 0 aromatic rings. The lowest BCUT2D eigenvalue weighted by molar-refractivity contribution is 0.216. The number of allylic oxidation sites excluding steroid dienone is 2. The van der Waals surface area contributed by atoms with Crippen molar-refractivity contribution in [3.8, 4) is 0 Å². The number of hydrogen-bond acceptors (Lipinski definition) is 2. The zero-order valence-corrected chi connectivity index (χ0v) is 6.25. The molecule has 0 aliphatic carbocycles. The van der Waals surface area contributed by atoms with Gasteiger partial charge in [-0.3, -0.25) is 0 Å². The van der Waals surface area contributed by atoms with Crippen LogP contribution in [0.5, 0.6) is 0 Å². The molecule has 1 aliphatic rings. The van der Waals surface area contributed by atoms with E-state index in [0.29, 0.717) is 0 Å². The van der Waals surface area contributed by atoms with Gasteiger partial charge in [0.25, 0.3) is 0 Å². The minimum absolute atomic E-state index is 1.22. The molecule has 11 heavy (non-hydrogen) atoms. The first-order valence-electron chi connectivity index (χ1n) is 2.74. The van der Waals surface area contributed by atoms with Gasteiger partial charge in [-0.25, -0.2) is 9.59 Å². The molecule has 0 unspecified atom stereocenters. The smallest absolute Gasteiger partial charge is 0.364 e. The SMILES string of the molecule is O=C(O)S1(C(=O)O)C=CC=C1. The molecular weight excluding hydrogens is 168 g/mol. The molecule has 2 N–H and O–H groups in total. The predicted octanol–water partition coefficient (Wildman–Crippen LogP) is 2.19. The summed E-state index contributed by atoms with van der Waals surface area (Å²) in [5.41, 5.74) is 0. The molecule has 4 nitrogen and oxygen atoms in total. The third-order valence-electron chi connectivity index (χ3n) is 1.28. The Kier molecular flexibility index (Phi) is 1.74. The van der Waals surface area contributed by atoms with Crippen molar-refractivity contribution in [3.05, 3.63) is 23.0 Å². The predicted molar refractivity (Wildman–Crippen MR) is 41.9 cm³/mol. The molecular formula is C6H6O4S. The van der Waals surface area contributed by atoms with Crippen LogP contribution >= 0.6 is 10.0 Å². The zero-order valence-electron chi connectivity index (χ0n) is 5.43. The van der Waals surface area contributed by atoms with E-state index in [4.69, 9.17) is 10.2 Å². The third-order valence-corrected chi connectivity index (χ3v) is 3.60. The Morgan fingerprint density at radius 3 is 1.55 bits per heavy atom. The van der Waals surface area contributed by atoms with Gasteiger partial charge < -0.3 is 10.2 Å². The van der Waals surface area contributed by atoms with E-state index in [1.807, 2.05) is 0 Å². The normalized spacial score (nSPS) is 21.5. The van der Waals surface area contributed by atoms with Gasteiger partial charge in [0.2, 0.25) is 0 Å². The van der Waals surface area contributed by atoms with Gasteiger partial charge in [-0.1, -0.05) is 12.2 Å². The van der Waals surface area contributed by atoms with E-state index in [2.05, 4.69) is 0 Å². The highest BCUT2D eigenvalue weighted by atomic mass is 32.3. The van der Waals surface area contributed by atoms with Gasteiger partial charge in [0.15, 0.2) is 0 Å². The summed E-state index contributed by atoms with van der Waals surface area (Å²) in [6, 6.07) is 0. The molecule has 5 heteroatoms. The van der Waals surface area contributed by atoms with Crippen LogP contribution in [0.2, 0.25) is 0 Å². The fraction of sp³-hybridized carbons (Fsp3) is 0. The van der Waals surface area contributed by atoms with Crippen molar-refractivity contribution < 1.29 is 19.8 Å². The van der Waals surface area contributed by atoms with Crippen molar-refractivity contribution in [2.45, 2.75) is 0 Å². The summed E-state index contributed by atoms with van der Waals surface area (Å²) in [6.45, 7) is 0. The molecule has 0 aromatic carbocycles. The molecule has 0 atom stereocenters. The summed E-state index contributed by atoms with van der Waals surface area (Å²) in [5, 5.41) is 17.1. The number of carbonyl (C=O) groups is 2. The second-order valence-corrected chi connectivity index (χ2v) is 4.56. The Hall–Kier alpha value is -1.23. The molecule has 0 spiro atoms. The molecule has 0 radical (unpaired) electrons. The number of rotatable bonds is 0. The van der Waals surface area contributed by atoms with Crippen molar-refractivity contribution >= 4 is 20.6 Å². The summed E-state index contributed by atoms with van der Waals surface area (Å²) in [4.78, 5) is 21.0. The maximum Gasteiger partial charge on any atom is 0.364 e. The highest BCUT2D eigenvalue weighted by molar-refractivity contribution is 8.59. The summed E-state index contributed by atoms with van der Waals surface area (Å²) in [5.74, 6) is 0. The Labute approximate surface area is 64.1 Å². The van der Waals surface area contributed by atoms with E-state index in [0.717, 1.165) is 0 Å². The molecule has 0 aromatic heterocycles. The Morgan fingerprint density at radius 2 is 1.36 bits per heavy atom. The fourth-order valence-corrected chi connectivity index (χ4v) is 2.07. The summed E-state index contributed by atoms with van der Waals surface area (Å²) in [6.07, 6.45) is 2.88. The van der Waals surface area contributed by atoms with Crippen molar-refractivity contribution in [3.63, 3.8) is 0 Å². The van der Waals surface area contributed by atoms with Crippen LogP contribution in [-0.2, 0) is 0 Å². The first-order chi connectivity index (χ1) is 5.09. The van der Waals surface area contributed by atoms with E-state index < -0.39 is 20.6 Å². The summed E-state index contributed by atoms with van der Waals surface area (Å²) < 4.78 is 0. The van der Waals surface area contributed by atoms with Gasteiger partial charge in [-0.2, -0.15) is 0 Å². The lowest BCUT2D eigenvalue weighted by atomic mass is 10.6. The molecule has 0 saturated carbocycles. The largest absolute Gasteiger partial charge is 0.473 e. The van der Waals surface area contributed by atoms with Gasteiger partial charge in [-0.05, 0) is 20.8 Å². The second-order valence-electron chi connectivity index (χ2n) is 1.90. The van der Waals surface area contributed by atoms with E-state index >= 15 is 0 Å². The first-order valence-corrected chi connectivity index (χ1v) is 4.49. The Morgan fingerprint density at radius 1 is 1.00 bits per heavy atom. The van der Waals surface area contributed by atoms with Crippen LogP contribution in [-0.4, -0.2) is 20.8 Å². The van der Waals surface area contributed by atoms with Crippen molar-refractivity contribution in [2.24, 2.45) is 0 Å². The maximum atomic E-state index is 10.5. The minimum Gasteiger partial charge on any atom is -0.473 e. The number of carboxylic acid groups (broad SMARTS) is 2. The van der Waals surface area contributed by atoms with Crippen molar-refractivity contribution in [1.29, 1.82) is 0 Å². The maximum absolute atomic E-state index is 10.5. The quantitative estimate of drug-likeness (QED) is 0.590. The number of hydrogen-bond donors (Lipinski definition) is 2. The van der Waals surface area contributed by atoms with Crippen LogP contribution in [0, 0.1) is 0 Å². The van der Waals surface area contributed by atoms with Crippen molar-refractivity contribution in [2.75, 3.05) is 0 Å².